The number of nitrogens with zero attached hydrogens (tertiary/aromatic N) is 1. The zero-order valence-corrected chi connectivity index (χ0v) is 18.3. The third-order valence-electron chi connectivity index (χ3n) is 6.14. The topological polar surface area (TPSA) is 83.9 Å². The van der Waals surface area contributed by atoms with Crippen molar-refractivity contribution in [2.75, 3.05) is 13.3 Å². The number of halogens is 1. The van der Waals surface area contributed by atoms with Crippen LogP contribution in [0.4, 0.5) is 4.39 Å². The van der Waals surface area contributed by atoms with E-state index < -0.39 is 27.5 Å². The van der Waals surface area contributed by atoms with Crippen molar-refractivity contribution in [1.29, 1.82) is 0 Å². The maximum atomic E-state index is 14.1. The first-order chi connectivity index (χ1) is 14.6. The van der Waals surface area contributed by atoms with Crippen molar-refractivity contribution in [2.24, 2.45) is 11.8 Å². The van der Waals surface area contributed by atoms with Crippen LogP contribution in [0.1, 0.15) is 31.2 Å². The summed E-state index contributed by atoms with van der Waals surface area (Å²) in [6.07, 6.45) is 9.23. The lowest BCUT2D eigenvalue weighted by Crippen LogP contribution is -2.38. The number of allylic oxidation sites excluding steroid dienone is 4. The molecule has 0 bridgehead atoms. The van der Waals surface area contributed by atoms with Crippen LogP contribution in [-0.2, 0) is 14.6 Å². The number of carbonyl (C=O) groups is 1. The van der Waals surface area contributed by atoms with E-state index in [2.05, 4.69) is 0 Å². The SMILES string of the molecule is CN1C=C(c2cc(S(C)(=O)=O)ccc2O[C@H]2CC[C@H](O)CC2)C2C=C(F)C=CC2C1=O. The molecule has 0 spiro atoms. The van der Waals surface area contributed by atoms with E-state index in [0.29, 0.717) is 42.6 Å². The standard InChI is InChI=1S/C23H26FNO5S/c1-25-13-21(19-11-14(24)3-9-18(19)23(25)27)20-12-17(31(2,28)29)8-10-22(20)30-16-6-4-15(26)5-7-16/h3,8-13,15-16,18-19,26H,4-7H2,1-2H3/t15-,16-,18?,19?. The van der Waals surface area contributed by atoms with E-state index >= 15 is 0 Å². The molecule has 1 N–H and O–H groups in total. The molecule has 1 amide bonds. The zero-order valence-electron chi connectivity index (χ0n) is 17.5. The number of benzene rings is 1. The number of fused-ring (bicyclic) bond motifs is 1. The first-order valence-corrected chi connectivity index (χ1v) is 12.3. The monoisotopic (exact) mass is 447 g/mol. The molecule has 1 heterocycles. The van der Waals surface area contributed by atoms with Gasteiger partial charge in [-0.25, -0.2) is 12.8 Å². The highest BCUT2D eigenvalue weighted by Crippen LogP contribution is 2.43. The number of aliphatic hydroxyl groups excluding tert-OH is 1. The third-order valence-corrected chi connectivity index (χ3v) is 7.25. The molecule has 3 aliphatic rings. The van der Waals surface area contributed by atoms with Crippen molar-refractivity contribution < 1.29 is 27.4 Å². The van der Waals surface area contributed by atoms with Crippen LogP contribution in [0.25, 0.3) is 5.57 Å². The Morgan fingerprint density at radius 2 is 1.87 bits per heavy atom. The van der Waals surface area contributed by atoms with Gasteiger partial charge in [-0.3, -0.25) is 4.79 Å². The van der Waals surface area contributed by atoms with Gasteiger partial charge < -0.3 is 14.7 Å². The summed E-state index contributed by atoms with van der Waals surface area (Å²) >= 11 is 0. The van der Waals surface area contributed by atoms with Gasteiger partial charge in [0.25, 0.3) is 0 Å². The number of hydrogen-bond donors (Lipinski definition) is 1. The molecule has 1 saturated carbocycles. The Morgan fingerprint density at radius 1 is 1.16 bits per heavy atom. The molecule has 8 heteroatoms. The summed E-state index contributed by atoms with van der Waals surface area (Å²) < 4.78 is 44.8. The lowest BCUT2D eigenvalue weighted by molar-refractivity contribution is -0.131. The number of sulfone groups is 1. The summed E-state index contributed by atoms with van der Waals surface area (Å²) in [4.78, 5) is 14.2. The first-order valence-electron chi connectivity index (χ1n) is 10.4. The van der Waals surface area contributed by atoms with E-state index in [0.717, 1.165) is 6.26 Å². The largest absolute Gasteiger partial charge is 0.490 e. The lowest BCUT2D eigenvalue weighted by Gasteiger charge is -2.35. The van der Waals surface area contributed by atoms with Crippen molar-refractivity contribution >= 4 is 21.3 Å². The highest BCUT2D eigenvalue weighted by molar-refractivity contribution is 7.90. The molecule has 2 aliphatic carbocycles. The second kappa shape index (κ2) is 8.24. The fourth-order valence-electron chi connectivity index (χ4n) is 4.42. The second-order valence-corrected chi connectivity index (χ2v) is 10.5. The van der Waals surface area contributed by atoms with Crippen LogP contribution in [0, 0.1) is 11.8 Å². The first kappa shape index (κ1) is 21.8. The van der Waals surface area contributed by atoms with Crippen LogP contribution in [0.5, 0.6) is 5.75 Å². The van der Waals surface area contributed by atoms with E-state index in [9.17, 15) is 22.7 Å². The maximum absolute atomic E-state index is 14.1. The van der Waals surface area contributed by atoms with E-state index in [-0.39, 0.29) is 23.0 Å². The van der Waals surface area contributed by atoms with Crippen molar-refractivity contribution in [3.63, 3.8) is 0 Å². The van der Waals surface area contributed by atoms with Gasteiger partial charge in [-0.1, -0.05) is 6.08 Å². The summed E-state index contributed by atoms with van der Waals surface area (Å²) in [5.74, 6) is -1.22. The molecule has 6 nitrogen and oxygen atoms in total. The Balaban J connectivity index is 1.80. The van der Waals surface area contributed by atoms with Gasteiger partial charge in [0.05, 0.1) is 23.0 Å². The lowest BCUT2D eigenvalue weighted by atomic mass is 9.77. The van der Waals surface area contributed by atoms with Gasteiger partial charge in [0.15, 0.2) is 9.84 Å². The number of hydrogen-bond acceptors (Lipinski definition) is 5. The van der Waals surface area contributed by atoms with Gasteiger partial charge in [-0.2, -0.15) is 0 Å². The Morgan fingerprint density at radius 3 is 2.55 bits per heavy atom. The summed E-state index contributed by atoms with van der Waals surface area (Å²) in [5.41, 5.74) is 1.16. The second-order valence-electron chi connectivity index (χ2n) is 8.47. The van der Waals surface area contributed by atoms with Gasteiger partial charge in [0, 0.05) is 31.0 Å². The number of carbonyl (C=O) groups excluding carboxylic acids is 1. The minimum atomic E-state index is -3.49. The van der Waals surface area contributed by atoms with E-state index in [1.54, 1.807) is 31.5 Å². The third kappa shape index (κ3) is 4.45. The maximum Gasteiger partial charge on any atom is 0.234 e. The molecule has 2 unspecified atom stereocenters. The van der Waals surface area contributed by atoms with Gasteiger partial charge in [0.1, 0.15) is 11.6 Å². The molecular weight excluding hydrogens is 421 g/mol. The summed E-state index contributed by atoms with van der Waals surface area (Å²) in [6.45, 7) is 0. The Labute approximate surface area is 181 Å². The van der Waals surface area contributed by atoms with E-state index in [1.165, 1.54) is 23.1 Å². The normalized spacial score (nSPS) is 28.6. The smallest absolute Gasteiger partial charge is 0.234 e. The molecular formula is C23H26FNO5S. The van der Waals surface area contributed by atoms with Crippen molar-refractivity contribution in [1.82, 2.24) is 4.90 Å². The fourth-order valence-corrected chi connectivity index (χ4v) is 5.07. The average molecular weight is 448 g/mol. The molecule has 31 heavy (non-hydrogen) atoms. The number of amides is 1. The van der Waals surface area contributed by atoms with Crippen molar-refractivity contribution in [2.45, 2.75) is 42.8 Å². The van der Waals surface area contributed by atoms with E-state index in [1.807, 2.05) is 0 Å². The van der Waals surface area contributed by atoms with Crippen LogP contribution in [0.2, 0.25) is 0 Å². The van der Waals surface area contributed by atoms with Gasteiger partial charge in [0.2, 0.25) is 5.91 Å². The Hall–Kier alpha value is -2.45. The van der Waals surface area contributed by atoms with Crippen LogP contribution < -0.4 is 4.74 Å². The molecule has 1 aromatic carbocycles. The Bertz CT molecular complexity index is 1080. The average Bonchev–Trinajstić information content (AvgIpc) is 2.72. The van der Waals surface area contributed by atoms with Gasteiger partial charge in [-0.05, 0) is 61.6 Å². The van der Waals surface area contributed by atoms with Crippen LogP contribution >= 0.6 is 0 Å². The molecule has 0 radical (unpaired) electrons. The summed E-state index contributed by atoms with van der Waals surface area (Å²) in [5, 5.41) is 9.77. The zero-order chi connectivity index (χ0) is 22.3. The van der Waals surface area contributed by atoms with Gasteiger partial charge >= 0.3 is 0 Å². The molecule has 0 saturated heterocycles. The van der Waals surface area contributed by atoms with Crippen LogP contribution in [0.3, 0.4) is 0 Å². The van der Waals surface area contributed by atoms with Gasteiger partial charge in [-0.15, -0.1) is 0 Å². The highest BCUT2D eigenvalue weighted by atomic mass is 32.2. The summed E-state index contributed by atoms with van der Waals surface area (Å²) in [7, 11) is -1.86. The fraction of sp³-hybridized carbons (Fsp3) is 0.435. The summed E-state index contributed by atoms with van der Waals surface area (Å²) in [6, 6.07) is 4.67. The molecule has 4 rings (SSSR count). The van der Waals surface area contributed by atoms with E-state index in [4.69, 9.17) is 4.74 Å². The predicted molar refractivity (Wildman–Crippen MR) is 115 cm³/mol. The molecule has 166 valence electrons. The molecule has 1 aliphatic heterocycles. The predicted octanol–water partition coefficient (Wildman–Crippen LogP) is 3.24. The van der Waals surface area contributed by atoms with Crippen LogP contribution in [-0.4, -0.2) is 49.8 Å². The van der Waals surface area contributed by atoms with Crippen molar-refractivity contribution in [3.05, 3.63) is 54.0 Å². The number of aliphatic hydroxyl groups is 1. The van der Waals surface area contributed by atoms with Crippen LogP contribution in [0.15, 0.2) is 53.3 Å². The molecule has 0 aromatic heterocycles. The number of ether oxygens (including phenoxy) is 1. The number of rotatable bonds is 4. The Kier molecular flexibility index (Phi) is 5.79. The van der Waals surface area contributed by atoms with Crippen molar-refractivity contribution in [3.8, 4) is 5.75 Å². The molecule has 2 atom stereocenters. The molecule has 1 aromatic rings. The minimum Gasteiger partial charge on any atom is -0.490 e. The highest BCUT2D eigenvalue weighted by Gasteiger charge is 2.38. The minimum absolute atomic E-state index is 0.107. The molecule has 1 fully saturated rings. The quantitative estimate of drug-likeness (QED) is 0.766.